The molecule has 3 heteroatoms. The number of rotatable bonds is 2. The van der Waals surface area contributed by atoms with Crippen LogP contribution in [-0.2, 0) is 0 Å². The highest BCUT2D eigenvalue weighted by Gasteiger charge is 2.18. The molecule has 1 aliphatic rings. The Bertz CT molecular complexity index is 454. The fourth-order valence-corrected chi connectivity index (χ4v) is 1.85. The van der Waals surface area contributed by atoms with Gasteiger partial charge in [0.05, 0.1) is 6.26 Å². The zero-order chi connectivity index (χ0) is 10.1. The van der Waals surface area contributed by atoms with Crippen LogP contribution in [-0.4, -0.2) is 5.71 Å². The van der Waals surface area contributed by atoms with E-state index in [0.717, 1.165) is 17.9 Å². The van der Waals surface area contributed by atoms with E-state index in [9.17, 15) is 0 Å². The summed E-state index contributed by atoms with van der Waals surface area (Å²) < 4.78 is 5.31. The number of furan rings is 1. The van der Waals surface area contributed by atoms with Gasteiger partial charge < -0.3 is 9.84 Å². The standard InChI is InChI=1S/C12H11N2O/c1-2-5-9(4-1)10-8-11(14-13-10)12-6-3-7-15-12/h1-7,10,13H,8H2/q-1. The maximum atomic E-state index is 5.31. The van der Waals surface area contributed by atoms with Crippen LogP contribution >= 0.6 is 0 Å². The average Bonchev–Trinajstić information content (AvgIpc) is 3.02. The molecule has 15 heavy (non-hydrogen) atoms. The molecule has 2 aromatic rings. The summed E-state index contributed by atoms with van der Waals surface area (Å²) in [4.78, 5) is 0. The molecule has 1 aromatic carbocycles. The maximum Gasteiger partial charge on any atom is 0.149 e. The van der Waals surface area contributed by atoms with Crippen molar-refractivity contribution in [2.45, 2.75) is 12.5 Å². The van der Waals surface area contributed by atoms with E-state index in [0.29, 0.717) is 6.04 Å². The van der Waals surface area contributed by atoms with Crippen molar-refractivity contribution in [2.24, 2.45) is 5.10 Å². The quantitative estimate of drug-likeness (QED) is 0.754. The zero-order valence-electron chi connectivity index (χ0n) is 8.18. The second-order valence-electron chi connectivity index (χ2n) is 3.64. The molecule has 0 spiro atoms. The summed E-state index contributed by atoms with van der Waals surface area (Å²) in [6.45, 7) is 0. The molecule has 0 amide bonds. The van der Waals surface area contributed by atoms with Gasteiger partial charge in [0.25, 0.3) is 0 Å². The molecule has 1 unspecified atom stereocenters. The van der Waals surface area contributed by atoms with E-state index in [-0.39, 0.29) is 0 Å². The predicted octanol–water partition coefficient (Wildman–Crippen LogP) is 2.44. The molecule has 0 saturated heterocycles. The first-order chi connectivity index (χ1) is 7.43. The number of nitrogens with one attached hydrogen (secondary N) is 1. The van der Waals surface area contributed by atoms with Gasteiger partial charge in [-0.15, -0.1) is 0 Å². The van der Waals surface area contributed by atoms with E-state index in [1.807, 2.05) is 24.3 Å². The van der Waals surface area contributed by atoms with Crippen molar-refractivity contribution in [3.63, 3.8) is 0 Å². The molecule has 0 bridgehead atoms. The second-order valence-corrected chi connectivity index (χ2v) is 3.64. The summed E-state index contributed by atoms with van der Waals surface area (Å²) >= 11 is 0. The minimum Gasteiger partial charge on any atom is -0.463 e. The minimum absolute atomic E-state index is 0.292. The van der Waals surface area contributed by atoms with Crippen LogP contribution in [0.15, 0.2) is 52.2 Å². The van der Waals surface area contributed by atoms with E-state index in [1.165, 1.54) is 5.56 Å². The van der Waals surface area contributed by atoms with Crippen LogP contribution in [0.4, 0.5) is 0 Å². The minimum atomic E-state index is 0.292. The van der Waals surface area contributed by atoms with Crippen LogP contribution in [0.1, 0.15) is 23.8 Å². The lowest BCUT2D eigenvalue weighted by Gasteiger charge is -2.13. The molecule has 0 aliphatic carbocycles. The second kappa shape index (κ2) is 3.35. The Kier molecular flexibility index (Phi) is 1.88. The van der Waals surface area contributed by atoms with Crippen LogP contribution in [0.5, 0.6) is 0 Å². The van der Waals surface area contributed by atoms with Crippen LogP contribution in [0.2, 0.25) is 0 Å². The smallest absolute Gasteiger partial charge is 0.149 e. The van der Waals surface area contributed by atoms with Crippen molar-refractivity contribution in [2.75, 3.05) is 0 Å². The van der Waals surface area contributed by atoms with E-state index >= 15 is 0 Å². The lowest BCUT2D eigenvalue weighted by Crippen LogP contribution is -2.08. The van der Waals surface area contributed by atoms with Gasteiger partial charge in [-0.2, -0.15) is 28.9 Å². The summed E-state index contributed by atoms with van der Waals surface area (Å²) in [5, 5.41) is 4.29. The Morgan fingerprint density at radius 1 is 1.47 bits per heavy atom. The third-order valence-corrected chi connectivity index (χ3v) is 2.65. The van der Waals surface area contributed by atoms with E-state index in [4.69, 9.17) is 4.42 Å². The number of hydrogen-bond acceptors (Lipinski definition) is 3. The van der Waals surface area contributed by atoms with Gasteiger partial charge >= 0.3 is 0 Å². The third-order valence-electron chi connectivity index (χ3n) is 2.65. The SMILES string of the molecule is c1coc(C2=NNC(c3cc[cH-]c3)C2)c1. The molecule has 0 radical (unpaired) electrons. The van der Waals surface area contributed by atoms with Gasteiger partial charge in [0, 0.05) is 12.5 Å². The molecule has 1 N–H and O–H groups in total. The van der Waals surface area contributed by atoms with Crippen molar-refractivity contribution in [1.82, 2.24) is 5.43 Å². The monoisotopic (exact) mass is 199 g/mol. The maximum absolute atomic E-state index is 5.31. The molecule has 2 heterocycles. The first kappa shape index (κ1) is 8.41. The lowest BCUT2D eigenvalue weighted by molar-refractivity contribution is 0.556. The molecule has 1 atom stereocenters. The molecule has 1 aliphatic heterocycles. The number of hydrazone groups is 1. The fraction of sp³-hybridized carbons (Fsp3) is 0.167. The highest BCUT2D eigenvalue weighted by atomic mass is 16.3. The van der Waals surface area contributed by atoms with Crippen molar-refractivity contribution >= 4 is 5.71 Å². The first-order valence-corrected chi connectivity index (χ1v) is 5.01. The van der Waals surface area contributed by atoms with E-state index in [2.05, 4.69) is 22.7 Å². The van der Waals surface area contributed by atoms with Gasteiger partial charge in [-0.25, -0.2) is 6.07 Å². The lowest BCUT2D eigenvalue weighted by atomic mass is 10.0. The van der Waals surface area contributed by atoms with Gasteiger partial charge in [0.1, 0.15) is 11.5 Å². The van der Waals surface area contributed by atoms with Crippen LogP contribution in [0, 0.1) is 0 Å². The van der Waals surface area contributed by atoms with Gasteiger partial charge in [-0.1, -0.05) is 0 Å². The molecule has 0 saturated carbocycles. The Hall–Kier alpha value is -1.90. The van der Waals surface area contributed by atoms with Gasteiger partial charge in [0.15, 0.2) is 0 Å². The topological polar surface area (TPSA) is 37.5 Å². The molecule has 0 fully saturated rings. The fourth-order valence-electron chi connectivity index (χ4n) is 1.85. The largest absolute Gasteiger partial charge is 0.463 e. The average molecular weight is 199 g/mol. The Morgan fingerprint density at radius 3 is 3.20 bits per heavy atom. The van der Waals surface area contributed by atoms with E-state index < -0.39 is 0 Å². The Labute approximate surface area is 87.8 Å². The molecular weight excluding hydrogens is 188 g/mol. The molecule has 3 rings (SSSR count). The number of hydrogen-bond donors (Lipinski definition) is 1. The predicted molar refractivity (Wildman–Crippen MR) is 57.8 cm³/mol. The van der Waals surface area contributed by atoms with E-state index in [1.54, 1.807) is 6.26 Å². The van der Waals surface area contributed by atoms with Crippen molar-refractivity contribution < 1.29 is 4.42 Å². The van der Waals surface area contributed by atoms with Crippen molar-refractivity contribution in [3.8, 4) is 0 Å². The molecule has 1 aromatic heterocycles. The summed E-state index contributed by atoms with van der Waals surface area (Å²) in [6, 6.07) is 12.4. The van der Waals surface area contributed by atoms with Crippen molar-refractivity contribution in [3.05, 3.63) is 54.0 Å². The summed E-state index contributed by atoms with van der Waals surface area (Å²) in [6.07, 6.45) is 2.56. The molecule has 3 nitrogen and oxygen atoms in total. The van der Waals surface area contributed by atoms with Crippen molar-refractivity contribution in [1.29, 1.82) is 0 Å². The van der Waals surface area contributed by atoms with Crippen LogP contribution < -0.4 is 5.43 Å². The third kappa shape index (κ3) is 1.46. The first-order valence-electron chi connectivity index (χ1n) is 5.01. The normalized spacial score (nSPS) is 20.0. The van der Waals surface area contributed by atoms with Crippen LogP contribution in [0.3, 0.4) is 0 Å². The highest BCUT2D eigenvalue weighted by Crippen LogP contribution is 2.24. The molecule has 76 valence electrons. The molecular formula is C12H11N2O-. The summed E-state index contributed by atoms with van der Waals surface area (Å²) in [5.74, 6) is 0.858. The van der Waals surface area contributed by atoms with Crippen LogP contribution in [0.25, 0.3) is 0 Å². The van der Waals surface area contributed by atoms with Gasteiger partial charge in [-0.3, -0.25) is 0 Å². The highest BCUT2D eigenvalue weighted by molar-refractivity contribution is 5.99. The van der Waals surface area contributed by atoms with Gasteiger partial charge in [0.2, 0.25) is 0 Å². The zero-order valence-corrected chi connectivity index (χ0v) is 8.18. The Balaban J connectivity index is 1.78. The Morgan fingerprint density at radius 2 is 2.47 bits per heavy atom. The summed E-state index contributed by atoms with van der Waals surface area (Å²) in [5.41, 5.74) is 5.40. The summed E-state index contributed by atoms with van der Waals surface area (Å²) in [7, 11) is 0. The van der Waals surface area contributed by atoms with Gasteiger partial charge in [-0.05, 0) is 12.1 Å². The number of nitrogens with zero attached hydrogens (tertiary/aromatic N) is 1.